The Kier molecular flexibility index (Phi) is 6.69. The molecule has 2 heterocycles. The summed E-state index contributed by atoms with van der Waals surface area (Å²) in [6.07, 6.45) is -2.44. The van der Waals surface area contributed by atoms with Crippen LogP contribution in [-0.4, -0.2) is 28.6 Å². The van der Waals surface area contributed by atoms with E-state index >= 15 is 0 Å². The number of carbonyl (C=O) groups is 1. The zero-order chi connectivity index (χ0) is 24.3. The molecule has 4 rings (SSSR count). The molecule has 0 atom stereocenters. The summed E-state index contributed by atoms with van der Waals surface area (Å²) in [5.41, 5.74) is 1.65. The molecule has 1 aliphatic rings. The van der Waals surface area contributed by atoms with Crippen LogP contribution in [0.4, 0.5) is 29.3 Å². The maximum absolute atomic E-state index is 12.9. The van der Waals surface area contributed by atoms with Gasteiger partial charge in [-0.2, -0.15) is 13.2 Å². The molecule has 0 radical (unpaired) electrons. The number of rotatable bonds is 6. The van der Waals surface area contributed by atoms with Crippen LogP contribution in [0.3, 0.4) is 0 Å². The molecule has 0 fully saturated rings. The molecule has 0 bridgehead atoms. The highest BCUT2D eigenvalue weighted by molar-refractivity contribution is 6.03. The molecule has 0 spiro atoms. The van der Waals surface area contributed by atoms with E-state index in [1.807, 2.05) is 19.9 Å². The van der Waals surface area contributed by atoms with Crippen molar-refractivity contribution in [3.63, 3.8) is 0 Å². The van der Waals surface area contributed by atoms with Gasteiger partial charge in [-0.05, 0) is 48.4 Å². The van der Waals surface area contributed by atoms with E-state index in [2.05, 4.69) is 20.6 Å². The number of nitrogens with zero attached hydrogens (tertiary/aromatic N) is 3. The number of anilines is 2. The predicted octanol–water partition coefficient (Wildman–Crippen LogP) is 5.38. The van der Waals surface area contributed by atoms with Gasteiger partial charge in [-0.1, -0.05) is 19.9 Å². The maximum atomic E-state index is 12.9. The number of benzene rings is 2. The standard InChI is InChI=1S/C24H24F3N5O2/c1-15(2)28-13-19-12-22(30-14-29-19)34-20-6-7-21-16(10-20)8-9-32(21)23(33)31-18-5-3-4-17(11-18)24(25,26)27/h3-7,10-12,14-15,28H,8-9,13H2,1-2H3,(H,31,33). The number of halogens is 3. The number of alkyl halides is 3. The zero-order valence-electron chi connectivity index (χ0n) is 18.7. The van der Waals surface area contributed by atoms with Gasteiger partial charge in [0.25, 0.3) is 0 Å². The lowest BCUT2D eigenvalue weighted by Crippen LogP contribution is -2.33. The van der Waals surface area contributed by atoms with Crippen LogP contribution in [-0.2, 0) is 19.1 Å². The van der Waals surface area contributed by atoms with Crippen LogP contribution >= 0.6 is 0 Å². The van der Waals surface area contributed by atoms with Crippen molar-refractivity contribution in [2.24, 2.45) is 0 Å². The number of fused-ring (bicyclic) bond motifs is 1. The smallest absolute Gasteiger partial charge is 0.416 e. The number of nitrogens with one attached hydrogen (secondary N) is 2. The van der Waals surface area contributed by atoms with E-state index in [1.165, 1.54) is 23.4 Å². The van der Waals surface area contributed by atoms with Crippen molar-refractivity contribution in [3.05, 3.63) is 71.7 Å². The third-order valence-corrected chi connectivity index (χ3v) is 5.25. The van der Waals surface area contributed by atoms with E-state index in [9.17, 15) is 18.0 Å². The Labute approximate surface area is 195 Å². The minimum Gasteiger partial charge on any atom is -0.439 e. The van der Waals surface area contributed by atoms with Crippen molar-refractivity contribution in [1.82, 2.24) is 15.3 Å². The molecule has 1 aliphatic heterocycles. The molecule has 7 nitrogen and oxygen atoms in total. The predicted molar refractivity (Wildman–Crippen MR) is 122 cm³/mol. The van der Waals surface area contributed by atoms with Gasteiger partial charge >= 0.3 is 12.2 Å². The fourth-order valence-corrected chi connectivity index (χ4v) is 3.58. The molecule has 3 aromatic rings. The molecule has 2 aromatic carbocycles. The van der Waals surface area contributed by atoms with Gasteiger partial charge in [-0.3, -0.25) is 4.90 Å². The van der Waals surface area contributed by atoms with Gasteiger partial charge in [0.1, 0.15) is 12.1 Å². The molecular weight excluding hydrogens is 447 g/mol. The normalized spacial score (nSPS) is 13.2. The Morgan fingerprint density at radius 1 is 1.15 bits per heavy atom. The highest BCUT2D eigenvalue weighted by Gasteiger charge is 2.31. The molecular formula is C24H24F3N5O2. The Bertz CT molecular complexity index is 1180. The number of aromatic nitrogens is 2. The third kappa shape index (κ3) is 5.63. The average Bonchev–Trinajstić information content (AvgIpc) is 3.21. The van der Waals surface area contributed by atoms with E-state index in [0.29, 0.717) is 42.9 Å². The van der Waals surface area contributed by atoms with Crippen LogP contribution in [0.1, 0.15) is 30.7 Å². The minimum absolute atomic E-state index is 0.0831. The number of carbonyl (C=O) groups excluding carboxylic acids is 1. The monoisotopic (exact) mass is 471 g/mol. The number of amides is 2. The molecule has 34 heavy (non-hydrogen) atoms. The second-order valence-corrected chi connectivity index (χ2v) is 8.19. The summed E-state index contributed by atoms with van der Waals surface area (Å²) in [6.45, 7) is 5.09. The summed E-state index contributed by atoms with van der Waals surface area (Å²) in [7, 11) is 0. The molecule has 1 aromatic heterocycles. The molecule has 0 unspecified atom stereocenters. The third-order valence-electron chi connectivity index (χ3n) is 5.25. The summed E-state index contributed by atoms with van der Waals surface area (Å²) in [5, 5.41) is 5.84. The van der Waals surface area contributed by atoms with E-state index in [4.69, 9.17) is 4.74 Å². The fourth-order valence-electron chi connectivity index (χ4n) is 3.58. The van der Waals surface area contributed by atoms with Crippen LogP contribution < -0.4 is 20.3 Å². The average molecular weight is 471 g/mol. The SMILES string of the molecule is CC(C)NCc1cc(Oc2ccc3c(c2)CCN3C(=O)Nc2cccc(C(F)(F)F)c2)ncn1. The molecule has 10 heteroatoms. The number of urea groups is 1. The van der Waals surface area contributed by atoms with Gasteiger partial charge < -0.3 is 15.4 Å². The topological polar surface area (TPSA) is 79.4 Å². The molecule has 2 amide bonds. The highest BCUT2D eigenvalue weighted by Crippen LogP contribution is 2.34. The lowest BCUT2D eigenvalue weighted by molar-refractivity contribution is -0.137. The fraction of sp³-hybridized carbons (Fsp3) is 0.292. The summed E-state index contributed by atoms with van der Waals surface area (Å²) < 4.78 is 44.7. The van der Waals surface area contributed by atoms with Crippen molar-refractivity contribution in [3.8, 4) is 11.6 Å². The second kappa shape index (κ2) is 9.68. The number of hydrogen-bond donors (Lipinski definition) is 2. The summed E-state index contributed by atoms with van der Waals surface area (Å²) in [6, 6.07) is 11.5. The lowest BCUT2D eigenvalue weighted by Gasteiger charge is -2.19. The number of ether oxygens (including phenoxy) is 1. The zero-order valence-corrected chi connectivity index (χ0v) is 18.7. The maximum Gasteiger partial charge on any atom is 0.416 e. The van der Waals surface area contributed by atoms with Gasteiger partial charge in [0.2, 0.25) is 5.88 Å². The molecule has 0 aliphatic carbocycles. The largest absolute Gasteiger partial charge is 0.439 e. The quantitative estimate of drug-likeness (QED) is 0.505. The summed E-state index contributed by atoms with van der Waals surface area (Å²) in [4.78, 5) is 22.6. The Hall–Kier alpha value is -3.66. The molecule has 178 valence electrons. The van der Waals surface area contributed by atoms with Crippen molar-refractivity contribution in [2.45, 2.75) is 39.0 Å². The Balaban J connectivity index is 1.44. The van der Waals surface area contributed by atoms with Gasteiger partial charge in [-0.15, -0.1) is 0 Å². The van der Waals surface area contributed by atoms with Crippen molar-refractivity contribution in [1.29, 1.82) is 0 Å². The van der Waals surface area contributed by atoms with Crippen molar-refractivity contribution in [2.75, 3.05) is 16.8 Å². The Morgan fingerprint density at radius 2 is 1.97 bits per heavy atom. The first kappa shape index (κ1) is 23.5. The molecule has 2 N–H and O–H groups in total. The lowest BCUT2D eigenvalue weighted by atomic mass is 10.1. The number of hydrogen-bond acceptors (Lipinski definition) is 5. The van der Waals surface area contributed by atoms with E-state index in [-0.39, 0.29) is 5.69 Å². The first-order valence-electron chi connectivity index (χ1n) is 10.8. The van der Waals surface area contributed by atoms with Gasteiger partial charge in [0.15, 0.2) is 0 Å². The van der Waals surface area contributed by atoms with Crippen molar-refractivity contribution < 1.29 is 22.7 Å². The van der Waals surface area contributed by atoms with Crippen LogP contribution in [0.2, 0.25) is 0 Å². The van der Waals surface area contributed by atoms with Gasteiger partial charge in [0, 0.05) is 36.6 Å². The van der Waals surface area contributed by atoms with Gasteiger partial charge in [0.05, 0.1) is 11.3 Å². The first-order chi connectivity index (χ1) is 16.2. The van der Waals surface area contributed by atoms with Crippen LogP contribution in [0, 0.1) is 0 Å². The minimum atomic E-state index is -4.48. The molecule has 0 saturated heterocycles. The van der Waals surface area contributed by atoms with Crippen LogP contribution in [0.15, 0.2) is 54.9 Å². The summed E-state index contributed by atoms with van der Waals surface area (Å²) >= 11 is 0. The van der Waals surface area contributed by atoms with E-state index in [1.54, 1.807) is 18.2 Å². The van der Waals surface area contributed by atoms with E-state index < -0.39 is 17.8 Å². The van der Waals surface area contributed by atoms with E-state index in [0.717, 1.165) is 23.4 Å². The highest BCUT2D eigenvalue weighted by atomic mass is 19.4. The van der Waals surface area contributed by atoms with Gasteiger partial charge in [-0.25, -0.2) is 14.8 Å². The first-order valence-corrected chi connectivity index (χ1v) is 10.8. The second-order valence-electron chi connectivity index (χ2n) is 8.19. The van der Waals surface area contributed by atoms with Crippen molar-refractivity contribution >= 4 is 17.4 Å². The van der Waals surface area contributed by atoms with Crippen LogP contribution in [0.5, 0.6) is 11.6 Å². The molecule has 0 saturated carbocycles. The summed E-state index contributed by atoms with van der Waals surface area (Å²) in [5.74, 6) is 0.980. The van der Waals surface area contributed by atoms with Crippen LogP contribution in [0.25, 0.3) is 0 Å². The Morgan fingerprint density at radius 3 is 2.74 bits per heavy atom.